The zero-order valence-corrected chi connectivity index (χ0v) is 17.7. The van der Waals surface area contributed by atoms with E-state index in [1.54, 1.807) is 17.5 Å². The largest absolute Gasteiger partial charge is 0.356 e. The first-order valence-corrected chi connectivity index (χ1v) is 11.3. The third kappa shape index (κ3) is 4.08. The summed E-state index contributed by atoms with van der Waals surface area (Å²) in [4.78, 5) is 28.1. The summed E-state index contributed by atoms with van der Waals surface area (Å²) in [5.41, 5.74) is 3.06. The monoisotopic (exact) mass is 419 g/mol. The van der Waals surface area contributed by atoms with E-state index in [0.29, 0.717) is 10.7 Å². The van der Waals surface area contributed by atoms with Crippen molar-refractivity contribution >= 4 is 28.2 Å². The van der Waals surface area contributed by atoms with E-state index >= 15 is 0 Å². The zero-order valence-electron chi connectivity index (χ0n) is 16.9. The van der Waals surface area contributed by atoms with Crippen molar-refractivity contribution in [3.05, 3.63) is 70.4 Å². The molecule has 1 fully saturated rings. The van der Waals surface area contributed by atoms with Gasteiger partial charge in [-0.15, -0.1) is 11.3 Å². The molecule has 1 aromatic carbocycles. The Balaban J connectivity index is 1.28. The summed E-state index contributed by atoms with van der Waals surface area (Å²) >= 11 is 1.59. The van der Waals surface area contributed by atoms with Gasteiger partial charge >= 0.3 is 0 Å². The van der Waals surface area contributed by atoms with Gasteiger partial charge in [0.2, 0.25) is 0 Å². The van der Waals surface area contributed by atoms with Crippen LogP contribution in [0, 0.1) is 0 Å². The smallest absolute Gasteiger partial charge is 0.261 e. The zero-order chi connectivity index (χ0) is 20.3. The fourth-order valence-corrected chi connectivity index (χ4v) is 5.24. The Labute approximate surface area is 180 Å². The van der Waals surface area contributed by atoms with Gasteiger partial charge in [-0.05, 0) is 30.5 Å². The number of nitrogens with zero attached hydrogens (tertiary/aromatic N) is 4. The Kier molecular flexibility index (Phi) is 5.46. The normalized spacial score (nSPS) is 16.5. The van der Waals surface area contributed by atoms with Crippen LogP contribution in [0.3, 0.4) is 0 Å². The van der Waals surface area contributed by atoms with Gasteiger partial charge in [0.05, 0.1) is 11.3 Å². The molecular weight excluding hydrogens is 394 g/mol. The molecule has 3 aromatic rings. The molecule has 1 saturated heterocycles. The van der Waals surface area contributed by atoms with E-state index < -0.39 is 0 Å². The van der Waals surface area contributed by atoms with Gasteiger partial charge in [-0.1, -0.05) is 30.3 Å². The van der Waals surface area contributed by atoms with Gasteiger partial charge in [0, 0.05) is 50.2 Å². The predicted octanol–water partition coefficient (Wildman–Crippen LogP) is 3.95. The van der Waals surface area contributed by atoms with Crippen LogP contribution >= 0.6 is 11.3 Å². The minimum Gasteiger partial charge on any atom is -0.356 e. The van der Waals surface area contributed by atoms with Gasteiger partial charge in [-0.3, -0.25) is 15.0 Å². The number of carbonyl (C=O) groups excluding carboxylic acids is 1. The number of thiazole rings is 1. The average Bonchev–Trinajstić information content (AvgIpc) is 3.44. The number of carbonyl (C=O) groups is 1. The van der Waals surface area contributed by atoms with Crippen LogP contribution in [-0.4, -0.2) is 40.4 Å². The number of fused-ring (bicyclic) bond motifs is 1. The lowest BCUT2D eigenvalue weighted by Crippen LogP contribution is -2.29. The molecule has 1 amide bonds. The Morgan fingerprint density at radius 3 is 2.73 bits per heavy atom. The van der Waals surface area contributed by atoms with Gasteiger partial charge in [0.15, 0.2) is 5.13 Å². The van der Waals surface area contributed by atoms with Gasteiger partial charge in [0.25, 0.3) is 5.91 Å². The van der Waals surface area contributed by atoms with Crippen LogP contribution in [0.4, 0.5) is 10.9 Å². The van der Waals surface area contributed by atoms with Crippen molar-refractivity contribution in [2.45, 2.75) is 32.4 Å². The molecule has 0 aliphatic carbocycles. The minimum atomic E-state index is -0.128. The van der Waals surface area contributed by atoms with Crippen molar-refractivity contribution in [3.63, 3.8) is 0 Å². The fourth-order valence-electron chi connectivity index (χ4n) is 4.20. The molecule has 2 aliphatic rings. The average molecular weight is 420 g/mol. The summed E-state index contributed by atoms with van der Waals surface area (Å²) in [6.45, 7) is 4.72. The lowest BCUT2D eigenvalue weighted by molar-refractivity contribution is 0.102. The molecule has 0 bridgehead atoms. The van der Waals surface area contributed by atoms with Gasteiger partial charge < -0.3 is 4.90 Å². The first kappa shape index (κ1) is 19.2. The molecule has 0 atom stereocenters. The number of anilines is 2. The first-order chi connectivity index (χ1) is 14.8. The van der Waals surface area contributed by atoms with Gasteiger partial charge in [-0.2, -0.15) is 0 Å². The minimum absolute atomic E-state index is 0.128. The molecule has 1 N–H and O–H groups in total. The SMILES string of the molecule is O=C(Nc1nc2c(s1)CN(Cc1ccccc1)CC2)c1cccnc1N1CCCC1. The number of hydrogen-bond donors (Lipinski definition) is 1. The van der Waals surface area contributed by atoms with Gasteiger partial charge in [-0.25, -0.2) is 9.97 Å². The molecule has 30 heavy (non-hydrogen) atoms. The maximum Gasteiger partial charge on any atom is 0.261 e. The number of rotatable bonds is 5. The molecule has 154 valence electrons. The summed E-state index contributed by atoms with van der Waals surface area (Å²) in [5, 5.41) is 3.71. The van der Waals surface area contributed by atoms with Crippen LogP contribution in [0.25, 0.3) is 0 Å². The predicted molar refractivity (Wildman–Crippen MR) is 120 cm³/mol. The summed E-state index contributed by atoms with van der Waals surface area (Å²) in [5.74, 6) is 0.653. The van der Waals surface area contributed by atoms with Gasteiger partial charge in [0.1, 0.15) is 5.82 Å². The lowest BCUT2D eigenvalue weighted by atomic mass is 10.1. The first-order valence-electron chi connectivity index (χ1n) is 10.5. The van der Waals surface area contributed by atoms with Crippen LogP contribution in [-0.2, 0) is 19.5 Å². The lowest BCUT2D eigenvalue weighted by Gasteiger charge is -2.25. The molecule has 5 rings (SSSR count). The second-order valence-electron chi connectivity index (χ2n) is 7.86. The van der Waals surface area contributed by atoms with Crippen LogP contribution < -0.4 is 10.2 Å². The molecule has 6 nitrogen and oxygen atoms in total. The Morgan fingerprint density at radius 2 is 1.90 bits per heavy atom. The molecule has 0 radical (unpaired) electrons. The fraction of sp³-hybridized carbons (Fsp3) is 0.348. The number of benzene rings is 1. The van der Waals surface area contributed by atoms with Crippen LogP contribution in [0.15, 0.2) is 48.7 Å². The van der Waals surface area contributed by atoms with Crippen LogP contribution in [0.1, 0.15) is 39.3 Å². The Bertz CT molecular complexity index is 1030. The third-order valence-electron chi connectivity index (χ3n) is 5.72. The number of hydrogen-bond acceptors (Lipinski definition) is 6. The van der Waals surface area contributed by atoms with E-state index in [2.05, 4.69) is 44.4 Å². The maximum atomic E-state index is 13.0. The maximum absolute atomic E-state index is 13.0. The highest BCUT2D eigenvalue weighted by Crippen LogP contribution is 2.30. The Hall–Kier alpha value is -2.77. The second kappa shape index (κ2) is 8.53. The van der Waals surface area contributed by atoms with Crippen molar-refractivity contribution in [1.82, 2.24) is 14.9 Å². The molecule has 7 heteroatoms. The van der Waals surface area contributed by atoms with Crippen LogP contribution in [0.2, 0.25) is 0 Å². The van der Waals surface area contributed by atoms with E-state index in [9.17, 15) is 4.79 Å². The van der Waals surface area contributed by atoms with E-state index in [4.69, 9.17) is 4.98 Å². The van der Waals surface area contributed by atoms with Crippen LogP contribution in [0.5, 0.6) is 0 Å². The number of pyridine rings is 1. The van der Waals surface area contributed by atoms with E-state index in [1.165, 1.54) is 10.4 Å². The standard InChI is InChI=1S/C23H25N5OS/c29-22(18-9-6-11-24-21(18)28-12-4-5-13-28)26-23-25-19-10-14-27(16-20(19)30-23)15-17-7-2-1-3-8-17/h1-3,6-9,11H,4-5,10,12-16H2,(H,25,26,29). The highest BCUT2D eigenvalue weighted by molar-refractivity contribution is 7.15. The summed E-state index contributed by atoms with van der Waals surface area (Å²) in [7, 11) is 0. The molecule has 4 heterocycles. The summed E-state index contributed by atoms with van der Waals surface area (Å²) in [6, 6.07) is 14.2. The third-order valence-corrected chi connectivity index (χ3v) is 6.71. The van der Waals surface area contributed by atoms with Crippen molar-refractivity contribution in [2.75, 3.05) is 29.9 Å². The molecule has 2 aliphatic heterocycles. The van der Waals surface area contributed by atoms with Crippen molar-refractivity contribution in [2.24, 2.45) is 0 Å². The summed E-state index contributed by atoms with van der Waals surface area (Å²) in [6.07, 6.45) is 4.97. The van der Waals surface area contributed by atoms with Crippen molar-refractivity contribution in [3.8, 4) is 0 Å². The van der Waals surface area contributed by atoms with Crippen molar-refractivity contribution in [1.29, 1.82) is 0 Å². The van der Waals surface area contributed by atoms with E-state index in [1.807, 2.05) is 18.2 Å². The molecule has 0 unspecified atom stereocenters. The highest BCUT2D eigenvalue weighted by atomic mass is 32.1. The number of aromatic nitrogens is 2. The number of amides is 1. The molecule has 0 saturated carbocycles. The molecular formula is C23H25N5OS. The quantitative estimate of drug-likeness (QED) is 0.679. The Morgan fingerprint density at radius 1 is 1.07 bits per heavy atom. The van der Waals surface area contributed by atoms with E-state index in [-0.39, 0.29) is 5.91 Å². The highest BCUT2D eigenvalue weighted by Gasteiger charge is 2.24. The molecule has 0 spiro atoms. The van der Waals surface area contributed by atoms with E-state index in [0.717, 1.165) is 63.5 Å². The summed E-state index contributed by atoms with van der Waals surface area (Å²) < 4.78 is 0. The van der Waals surface area contributed by atoms with Crippen molar-refractivity contribution < 1.29 is 4.79 Å². The molecule has 2 aromatic heterocycles. The topological polar surface area (TPSA) is 61.4 Å². The second-order valence-corrected chi connectivity index (χ2v) is 8.94. The number of nitrogens with one attached hydrogen (secondary N) is 1.